The van der Waals surface area contributed by atoms with Gasteiger partial charge in [-0.3, -0.25) is 0 Å². The first-order valence-electron chi connectivity index (χ1n) is 3.39. The predicted octanol–water partition coefficient (Wildman–Crippen LogP) is 3.55. The zero-order valence-electron chi connectivity index (χ0n) is 7.39. The predicted molar refractivity (Wildman–Crippen MR) is 69.6 cm³/mol. The molecule has 80 valence electrons. The number of hydrogen-bond donors (Lipinski definition) is 1. The average molecular weight is 274 g/mol. The van der Waals surface area contributed by atoms with Crippen molar-refractivity contribution >= 4 is 60.0 Å². The van der Waals surface area contributed by atoms with Crippen molar-refractivity contribution in [1.82, 2.24) is 9.97 Å². The summed E-state index contributed by atoms with van der Waals surface area (Å²) in [5.41, 5.74) is 2.15. The molecule has 1 heterocycles. The maximum atomic E-state index is 4.34. The van der Waals surface area contributed by atoms with Gasteiger partial charge >= 0.3 is 0 Å². The van der Waals surface area contributed by atoms with Crippen LogP contribution in [-0.4, -0.2) is 16.2 Å². The number of thioether (sulfide) groups is 1. The summed E-state index contributed by atoms with van der Waals surface area (Å²) in [5.74, 6) is 0. The Balaban J connectivity index is 0. The third kappa shape index (κ3) is 3.24. The van der Waals surface area contributed by atoms with Crippen LogP contribution < -0.4 is 0 Å². The van der Waals surface area contributed by atoms with Crippen LogP contribution in [0.2, 0.25) is 0 Å². The fourth-order valence-electron chi connectivity index (χ4n) is 1.03. The van der Waals surface area contributed by atoms with Gasteiger partial charge in [-0.15, -0.1) is 37.2 Å². The van der Waals surface area contributed by atoms with Gasteiger partial charge in [-0.2, -0.15) is 0 Å². The second-order valence-electron chi connectivity index (χ2n) is 2.26. The minimum Gasteiger partial charge on any atom is -0.333 e. The van der Waals surface area contributed by atoms with E-state index in [0.717, 1.165) is 16.2 Å². The van der Waals surface area contributed by atoms with E-state index in [1.165, 1.54) is 0 Å². The molecule has 14 heavy (non-hydrogen) atoms. The second kappa shape index (κ2) is 7.23. The maximum absolute atomic E-state index is 4.34. The van der Waals surface area contributed by atoms with Crippen LogP contribution in [0.15, 0.2) is 29.4 Å². The van der Waals surface area contributed by atoms with E-state index in [-0.39, 0.29) is 37.2 Å². The maximum Gasteiger partial charge on any atom is 0.166 e. The third-order valence-corrected chi connectivity index (χ3v) is 2.14. The molecule has 0 atom stereocenters. The number of rotatable bonds is 1. The van der Waals surface area contributed by atoms with Crippen molar-refractivity contribution < 1.29 is 0 Å². The Labute approximate surface area is 105 Å². The van der Waals surface area contributed by atoms with Gasteiger partial charge in [0.25, 0.3) is 0 Å². The van der Waals surface area contributed by atoms with Gasteiger partial charge < -0.3 is 4.98 Å². The van der Waals surface area contributed by atoms with Crippen LogP contribution in [0, 0.1) is 0 Å². The molecular formula is C8H11Cl3N2S. The highest BCUT2D eigenvalue weighted by Gasteiger charge is 1.97. The topological polar surface area (TPSA) is 28.7 Å². The normalized spacial score (nSPS) is 8.36. The number of aromatic amines is 1. The molecule has 1 aromatic carbocycles. The summed E-state index contributed by atoms with van der Waals surface area (Å²) < 4.78 is 0. The van der Waals surface area contributed by atoms with Gasteiger partial charge in [-0.25, -0.2) is 4.98 Å². The van der Waals surface area contributed by atoms with Crippen molar-refractivity contribution in [2.24, 2.45) is 0 Å². The standard InChI is InChI=1S/C8H8N2S.3ClH/c1-11-8-9-6-4-2-3-5-7(6)10-8;;;/h2-5H,1H3,(H,9,10);3*1H. The molecule has 0 spiro atoms. The monoisotopic (exact) mass is 272 g/mol. The van der Waals surface area contributed by atoms with E-state index in [0.29, 0.717) is 0 Å². The number of halogens is 3. The Bertz CT molecular complexity index is 344. The fourth-order valence-corrected chi connectivity index (χ4v) is 1.43. The molecule has 0 radical (unpaired) electrons. The lowest BCUT2D eigenvalue weighted by molar-refractivity contribution is 1.09. The van der Waals surface area contributed by atoms with Gasteiger partial charge in [0.15, 0.2) is 5.16 Å². The lowest BCUT2D eigenvalue weighted by atomic mass is 10.3. The number of nitrogens with one attached hydrogen (secondary N) is 1. The van der Waals surface area contributed by atoms with Crippen LogP contribution in [0.25, 0.3) is 11.0 Å². The molecule has 2 rings (SSSR count). The second-order valence-corrected chi connectivity index (χ2v) is 3.06. The minimum absolute atomic E-state index is 0. The van der Waals surface area contributed by atoms with Crippen LogP contribution in [0.3, 0.4) is 0 Å². The molecule has 0 amide bonds. The molecular weight excluding hydrogens is 263 g/mol. The lowest BCUT2D eigenvalue weighted by Gasteiger charge is -1.81. The van der Waals surface area contributed by atoms with E-state index in [2.05, 4.69) is 9.97 Å². The molecule has 0 fully saturated rings. The first-order valence-corrected chi connectivity index (χ1v) is 4.61. The third-order valence-electron chi connectivity index (χ3n) is 1.56. The van der Waals surface area contributed by atoms with E-state index >= 15 is 0 Å². The quantitative estimate of drug-likeness (QED) is 0.805. The summed E-state index contributed by atoms with van der Waals surface area (Å²) >= 11 is 1.63. The number of para-hydroxylation sites is 2. The van der Waals surface area contributed by atoms with Crippen molar-refractivity contribution in [2.45, 2.75) is 5.16 Å². The van der Waals surface area contributed by atoms with Crippen LogP contribution in [0.1, 0.15) is 0 Å². The number of H-pyrrole nitrogens is 1. The van der Waals surface area contributed by atoms with Crippen LogP contribution >= 0.6 is 49.0 Å². The Morgan fingerprint density at radius 3 is 2.36 bits per heavy atom. The molecule has 0 bridgehead atoms. The van der Waals surface area contributed by atoms with Crippen LogP contribution in [-0.2, 0) is 0 Å². The van der Waals surface area contributed by atoms with E-state index in [1.54, 1.807) is 11.8 Å². The summed E-state index contributed by atoms with van der Waals surface area (Å²) in [5, 5.41) is 0.978. The first-order chi connectivity index (χ1) is 5.40. The van der Waals surface area contributed by atoms with Crippen molar-refractivity contribution in [2.75, 3.05) is 6.26 Å². The number of benzene rings is 1. The molecule has 0 aliphatic carbocycles. The number of nitrogens with zero attached hydrogens (tertiary/aromatic N) is 1. The molecule has 0 unspecified atom stereocenters. The number of imidazole rings is 1. The largest absolute Gasteiger partial charge is 0.333 e. The molecule has 1 N–H and O–H groups in total. The summed E-state index contributed by atoms with van der Waals surface area (Å²) in [6, 6.07) is 8.03. The number of fused-ring (bicyclic) bond motifs is 1. The van der Waals surface area contributed by atoms with Crippen molar-refractivity contribution in [1.29, 1.82) is 0 Å². The first kappa shape index (κ1) is 16.3. The highest BCUT2D eigenvalue weighted by atomic mass is 35.5. The van der Waals surface area contributed by atoms with Gasteiger partial charge in [0, 0.05) is 0 Å². The summed E-state index contributed by atoms with van der Waals surface area (Å²) in [6.45, 7) is 0. The summed E-state index contributed by atoms with van der Waals surface area (Å²) in [4.78, 5) is 7.54. The lowest BCUT2D eigenvalue weighted by Crippen LogP contribution is -1.67. The Hall–Kier alpha value is -0.0900. The number of hydrogen-bond acceptors (Lipinski definition) is 2. The van der Waals surface area contributed by atoms with Gasteiger partial charge in [-0.1, -0.05) is 23.9 Å². The molecule has 0 aliphatic rings. The number of aromatic nitrogens is 2. The molecule has 0 aliphatic heterocycles. The molecule has 6 heteroatoms. The highest BCUT2D eigenvalue weighted by Crippen LogP contribution is 2.15. The molecule has 2 nitrogen and oxygen atoms in total. The zero-order valence-corrected chi connectivity index (χ0v) is 10.7. The summed E-state index contributed by atoms with van der Waals surface area (Å²) in [7, 11) is 0. The SMILES string of the molecule is CSc1nc2ccccc2[nH]1.Cl.Cl.Cl. The van der Waals surface area contributed by atoms with Crippen molar-refractivity contribution in [3.63, 3.8) is 0 Å². The molecule has 2 aromatic rings. The Morgan fingerprint density at radius 1 is 1.14 bits per heavy atom. The van der Waals surface area contributed by atoms with E-state index < -0.39 is 0 Å². The van der Waals surface area contributed by atoms with E-state index in [9.17, 15) is 0 Å². The van der Waals surface area contributed by atoms with Gasteiger partial charge in [0.2, 0.25) is 0 Å². The fraction of sp³-hybridized carbons (Fsp3) is 0.125. The minimum atomic E-state index is 0. The van der Waals surface area contributed by atoms with E-state index in [4.69, 9.17) is 0 Å². The molecule has 1 aromatic heterocycles. The van der Waals surface area contributed by atoms with Crippen molar-refractivity contribution in [3.05, 3.63) is 24.3 Å². The van der Waals surface area contributed by atoms with Gasteiger partial charge in [-0.05, 0) is 18.4 Å². The van der Waals surface area contributed by atoms with Crippen molar-refractivity contribution in [3.8, 4) is 0 Å². The van der Waals surface area contributed by atoms with Crippen LogP contribution in [0.4, 0.5) is 0 Å². The van der Waals surface area contributed by atoms with Gasteiger partial charge in [0.1, 0.15) is 0 Å². The Morgan fingerprint density at radius 2 is 1.79 bits per heavy atom. The Kier molecular flexibility index (Phi) is 8.45. The zero-order chi connectivity index (χ0) is 7.68. The molecule has 0 saturated heterocycles. The van der Waals surface area contributed by atoms with Gasteiger partial charge in [0.05, 0.1) is 11.0 Å². The average Bonchev–Trinajstić information content (AvgIpc) is 2.46. The summed E-state index contributed by atoms with van der Waals surface area (Å²) in [6.07, 6.45) is 2.01. The van der Waals surface area contributed by atoms with Crippen LogP contribution in [0.5, 0.6) is 0 Å². The van der Waals surface area contributed by atoms with E-state index in [1.807, 2.05) is 30.5 Å². The molecule has 0 saturated carbocycles. The highest BCUT2D eigenvalue weighted by molar-refractivity contribution is 7.98. The smallest absolute Gasteiger partial charge is 0.166 e.